The minimum absolute atomic E-state index is 0.368. The Morgan fingerprint density at radius 1 is 1.35 bits per heavy atom. The van der Waals surface area contributed by atoms with Gasteiger partial charge in [0.1, 0.15) is 5.82 Å². The molecule has 0 aliphatic heterocycles. The first-order chi connectivity index (χ1) is 7.87. The van der Waals surface area contributed by atoms with Crippen LogP contribution < -0.4 is 0 Å². The fourth-order valence-corrected chi connectivity index (χ4v) is 2.39. The van der Waals surface area contributed by atoms with Crippen molar-refractivity contribution in [1.29, 1.82) is 10.5 Å². The first-order valence-corrected chi connectivity index (χ1v) is 6.57. The number of hydrogen-bond acceptors (Lipinski definition) is 4. The third-order valence-corrected chi connectivity index (χ3v) is 4.85. The lowest BCUT2D eigenvalue weighted by Crippen LogP contribution is -2.29. The van der Waals surface area contributed by atoms with E-state index >= 15 is 0 Å². The highest BCUT2D eigenvalue weighted by atomic mass is 32.2. The summed E-state index contributed by atoms with van der Waals surface area (Å²) in [5, 5.41) is 17.7. The first-order valence-electron chi connectivity index (χ1n) is 4.64. The van der Waals surface area contributed by atoms with Crippen LogP contribution in [0.5, 0.6) is 0 Å². The molecular formula is C11H10FN3OS. The summed E-state index contributed by atoms with van der Waals surface area (Å²) in [5.41, 5.74) is 0.368. The molecule has 0 N–H and O–H groups in total. The van der Waals surface area contributed by atoms with Gasteiger partial charge in [0.15, 0.2) is 4.75 Å². The average molecular weight is 251 g/mol. The molecule has 0 radical (unpaired) electrons. The minimum atomic E-state index is -3.06. The first kappa shape index (κ1) is 13.1. The predicted molar refractivity (Wildman–Crippen MR) is 61.5 cm³/mol. The summed E-state index contributed by atoms with van der Waals surface area (Å²) in [6, 6.07) is 6.98. The van der Waals surface area contributed by atoms with Crippen LogP contribution in [-0.2, 0) is 14.5 Å². The molecule has 0 aliphatic rings. The normalized spacial score (nSPS) is 17.0. The van der Waals surface area contributed by atoms with Gasteiger partial charge in [-0.25, -0.2) is 8.60 Å². The molecule has 1 aromatic carbocycles. The second-order valence-corrected chi connectivity index (χ2v) is 6.25. The number of rotatable bonds is 2. The quantitative estimate of drug-likeness (QED) is 0.755. The lowest BCUT2D eigenvalue weighted by molar-refractivity contribution is 0.625. The van der Waals surface area contributed by atoms with E-state index in [1.807, 2.05) is 6.07 Å². The van der Waals surface area contributed by atoms with Gasteiger partial charge in [0.05, 0.1) is 15.8 Å². The Bertz CT molecular complexity index is 618. The van der Waals surface area contributed by atoms with E-state index in [-0.39, 0.29) is 0 Å². The summed E-state index contributed by atoms with van der Waals surface area (Å²) in [6.07, 6.45) is 2.69. The van der Waals surface area contributed by atoms with Crippen LogP contribution >= 0.6 is 0 Å². The van der Waals surface area contributed by atoms with Gasteiger partial charge in [0, 0.05) is 6.26 Å². The summed E-state index contributed by atoms with van der Waals surface area (Å²) in [5.74, 6) is -0.450. The molecule has 0 spiro atoms. The van der Waals surface area contributed by atoms with Crippen molar-refractivity contribution in [3.8, 4) is 12.3 Å². The van der Waals surface area contributed by atoms with E-state index in [9.17, 15) is 13.9 Å². The zero-order valence-corrected chi connectivity index (χ0v) is 10.2. The Morgan fingerprint density at radius 3 is 2.29 bits per heavy atom. The van der Waals surface area contributed by atoms with Crippen LogP contribution in [0.3, 0.4) is 0 Å². The van der Waals surface area contributed by atoms with Crippen LogP contribution in [0.4, 0.5) is 4.39 Å². The molecule has 0 bridgehead atoms. The van der Waals surface area contributed by atoms with Crippen molar-refractivity contribution in [2.75, 3.05) is 6.26 Å². The minimum Gasteiger partial charge on any atom is -0.247 e. The van der Waals surface area contributed by atoms with E-state index in [0.717, 1.165) is 0 Å². The van der Waals surface area contributed by atoms with Gasteiger partial charge in [-0.2, -0.15) is 10.5 Å². The Hall–Kier alpha value is -1.92. The van der Waals surface area contributed by atoms with E-state index in [4.69, 9.17) is 5.26 Å². The maximum Gasteiger partial charge on any atom is 0.214 e. The van der Waals surface area contributed by atoms with Crippen LogP contribution in [0.15, 0.2) is 28.6 Å². The van der Waals surface area contributed by atoms with Crippen LogP contribution in [-0.4, -0.2) is 10.5 Å². The molecule has 1 aromatic rings. The maximum absolute atomic E-state index is 12.8. The van der Waals surface area contributed by atoms with Crippen molar-refractivity contribution in [1.82, 2.24) is 0 Å². The Kier molecular flexibility index (Phi) is 3.50. The van der Waals surface area contributed by atoms with E-state index in [1.54, 1.807) is 0 Å². The summed E-state index contributed by atoms with van der Waals surface area (Å²) in [6.45, 7) is 1.42. The monoisotopic (exact) mass is 251 g/mol. The van der Waals surface area contributed by atoms with Crippen LogP contribution in [0.25, 0.3) is 0 Å². The highest BCUT2D eigenvalue weighted by Crippen LogP contribution is 2.30. The van der Waals surface area contributed by atoms with Gasteiger partial charge in [0.25, 0.3) is 0 Å². The van der Waals surface area contributed by atoms with Crippen molar-refractivity contribution >= 4 is 9.73 Å². The molecule has 88 valence electrons. The molecule has 17 heavy (non-hydrogen) atoms. The molecule has 1 rings (SSSR count). The smallest absolute Gasteiger partial charge is 0.214 e. The van der Waals surface area contributed by atoms with Gasteiger partial charge in [-0.1, -0.05) is 12.1 Å². The highest BCUT2D eigenvalue weighted by Gasteiger charge is 2.36. The zero-order chi connectivity index (χ0) is 13.1. The summed E-state index contributed by atoms with van der Waals surface area (Å²) < 4.78 is 26.9. The molecule has 0 aliphatic carbocycles. The number of benzene rings is 1. The van der Waals surface area contributed by atoms with Gasteiger partial charge in [-0.05, 0) is 24.6 Å². The van der Waals surface area contributed by atoms with Crippen LogP contribution in [0.2, 0.25) is 0 Å². The molecule has 2 atom stereocenters. The van der Waals surface area contributed by atoms with Gasteiger partial charge >= 0.3 is 0 Å². The molecule has 0 aromatic heterocycles. The summed E-state index contributed by atoms with van der Waals surface area (Å²) >= 11 is 0. The van der Waals surface area contributed by atoms with E-state index in [2.05, 4.69) is 4.36 Å². The van der Waals surface area contributed by atoms with Crippen molar-refractivity contribution in [2.45, 2.75) is 11.7 Å². The van der Waals surface area contributed by atoms with E-state index in [1.165, 1.54) is 43.6 Å². The largest absolute Gasteiger partial charge is 0.247 e. The van der Waals surface area contributed by atoms with E-state index < -0.39 is 20.3 Å². The summed E-state index contributed by atoms with van der Waals surface area (Å²) in [7, 11) is -3.06. The molecule has 0 saturated heterocycles. The van der Waals surface area contributed by atoms with Crippen molar-refractivity contribution in [3.05, 3.63) is 35.6 Å². The molecule has 0 saturated carbocycles. The zero-order valence-electron chi connectivity index (χ0n) is 9.35. The van der Waals surface area contributed by atoms with E-state index in [0.29, 0.717) is 5.56 Å². The molecule has 2 unspecified atom stereocenters. The number of nitrogens with zero attached hydrogens (tertiary/aromatic N) is 3. The third-order valence-electron chi connectivity index (χ3n) is 2.58. The highest BCUT2D eigenvalue weighted by molar-refractivity contribution is 7.94. The fraction of sp³-hybridized carbons (Fsp3) is 0.273. The standard InChI is InChI=1S/C11H10FN3OS/c1-11(7-13,17(2,16)15-8-14)9-3-5-10(12)6-4-9/h3-6H,1-2H3. The molecule has 4 nitrogen and oxygen atoms in total. The average Bonchev–Trinajstić information content (AvgIpc) is 2.28. The predicted octanol–water partition coefficient (Wildman–Crippen LogP) is 2.14. The van der Waals surface area contributed by atoms with Crippen molar-refractivity contribution < 1.29 is 8.60 Å². The SMILES string of the molecule is CC(C#N)(c1ccc(F)cc1)S(C)(=O)=NC#N. The Morgan fingerprint density at radius 2 is 1.88 bits per heavy atom. The van der Waals surface area contributed by atoms with Crippen LogP contribution in [0, 0.1) is 28.6 Å². The third kappa shape index (κ3) is 2.27. The number of nitriles is 2. The second kappa shape index (κ2) is 4.52. The lowest BCUT2D eigenvalue weighted by atomic mass is 10.0. The van der Waals surface area contributed by atoms with Gasteiger partial charge in [-0.15, -0.1) is 4.36 Å². The maximum atomic E-state index is 12.8. The molecule has 0 fully saturated rings. The summed E-state index contributed by atoms with van der Waals surface area (Å²) in [4.78, 5) is 0. The molecule has 6 heteroatoms. The molecule has 0 amide bonds. The van der Waals surface area contributed by atoms with Crippen molar-refractivity contribution in [3.63, 3.8) is 0 Å². The molecular weight excluding hydrogens is 241 g/mol. The Balaban J connectivity index is 3.49. The number of halogens is 1. The fourth-order valence-electron chi connectivity index (χ4n) is 1.31. The van der Waals surface area contributed by atoms with Crippen molar-refractivity contribution in [2.24, 2.45) is 4.36 Å². The lowest BCUT2D eigenvalue weighted by Gasteiger charge is -2.22. The second-order valence-electron chi connectivity index (χ2n) is 3.65. The van der Waals surface area contributed by atoms with Gasteiger partial charge in [0.2, 0.25) is 6.19 Å². The van der Waals surface area contributed by atoms with Crippen LogP contribution in [0.1, 0.15) is 12.5 Å². The topological polar surface area (TPSA) is 77.0 Å². The van der Waals surface area contributed by atoms with Gasteiger partial charge < -0.3 is 0 Å². The van der Waals surface area contributed by atoms with Gasteiger partial charge in [-0.3, -0.25) is 0 Å². The molecule has 0 heterocycles. The number of hydrogen-bond donors (Lipinski definition) is 0. The Labute approximate surface area is 99.5 Å².